The van der Waals surface area contributed by atoms with Crippen molar-refractivity contribution in [2.24, 2.45) is 5.92 Å². The summed E-state index contributed by atoms with van der Waals surface area (Å²) in [6.45, 7) is 4.14. The molecule has 1 fully saturated rings. The second-order valence-electron chi connectivity index (χ2n) is 8.10. The molecule has 2 aliphatic rings. The van der Waals surface area contributed by atoms with Gasteiger partial charge in [0.1, 0.15) is 0 Å². The van der Waals surface area contributed by atoms with Gasteiger partial charge in [-0.3, -0.25) is 9.48 Å². The van der Waals surface area contributed by atoms with E-state index >= 15 is 0 Å². The molecule has 1 unspecified atom stereocenters. The number of benzene rings is 1. The Balaban J connectivity index is 1.36. The van der Waals surface area contributed by atoms with Crippen LogP contribution >= 0.6 is 0 Å². The number of nitrogens with zero attached hydrogens (tertiary/aromatic N) is 3. The largest absolute Gasteiger partial charge is 0.466 e. The summed E-state index contributed by atoms with van der Waals surface area (Å²) in [5, 5.41) is 7.82. The van der Waals surface area contributed by atoms with Gasteiger partial charge in [0.25, 0.3) is 0 Å². The molecular weight excluding hydrogens is 380 g/mol. The molecule has 1 saturated heterocycles. The maximum atomic E-state index is 12.8. The van der Waals surface area contributed by atoms with Gasteiger partial charge in [0.15, 0.2) is 0 Å². The van der Waals surface area contributed by atoms with Gasteiger partial charge in [-0.05, 0) is 44.6 Å². The Bertz CT molecular complexity index is 872. The summed E-state index contributed by atoms with van der Waals surface area (Å²) >= 11 is 0. The molecule has 1 aliphatic carbocycles. The molecule has 7 heteroatoms. The highest BCUT2D eigenvalue weighted by Gasteiger charge is 2.31. The van der Waals surface area contributed by atoms with Crippen LogP contribution < -0.4 is 5.32 Å². The van der Waals surface area contributed by atoms with Crippen molar-refractivity contribution in [3.05, 3.63) is 53.3 Å². The highest BCUT2D eigenvalue weighted by molar-refractivity contribution is 5.76. The molecule has 2 aromatic rings. The van der Waals surface area contributed by atoms with Crippen molar-refractivity contribution in [3.8, 4) is 0 Å². The highest BCUT2D eigenvalue weighted by Crippen LogP contribution is 2.30. The van der Waals surface area contributed by atoms with Crippen molar-refractivity contribution in [2.75, 3.05) is 19.7 Å². The lowest BCUT2D eigenvalue weighted by Crippen LogP contribution is -2.47. The molecule has 1 aromatic heterocycles. The number of ether oxygens (including phenoxy) is 1. The summed E-state index contributed by atoms with van der Waals surface area (Å²) < 4.78 is 7.18. The smallest absolute Gasteiger partial charge is 0.317 e. The van der Waals surface area contributed by atoms with Crippen LogP contribution in [0.25, 0.3) is 0 Å². The number of carbonyl (C=O) groups is 2. The SMILES string of the molecule is CCOC(=O)C1CCN(C(=O)NC2CCCc3c2cnn3Cc2ccccc2)CC1. The number of rotatable bonds is 5. The van der Waals surface area contributed by atoms with Crippen LogP contribution in [0.3, 0.4) is 0 Å². The lowest BCUT2D eigenvalue weighted by Gasteiger charge is -2.33. The van der Waals surface area contributed by atoms with Crippen molar-refractivity contribution >= 4 is 12.0 Å². The number of urea groups is 1. The predicted molar refractivity (Wildman–Crippen MR) is 113 cm³/mol. The van der Waals surface area contributed by atoms with Gasteiger partial charge in [-0.1, -0.05) is 30.3 Å². The third kappa shape index (κ3) is 4.50. The molecule has 160 valence electrons. The average molecular weight is 411 g/mol. The molecule has 7 nitrogen and oxygen atoms in total. The van der Waals surface area contributed by atoms with E-state index in [1.165, 1.54) is 11.3 Å². The van der Waals surface area contributed by atoms with Crippen molar-refractivity contribution < 1.29 is 14.3 Å². The van der Waals surface area contributed by atoms with Crippen LogP contribution in [-0.4, -0.2) is 46.4 Å². The Morgan fingerprint density at radius 2 is 1.93 bits per heavy atom. The van der Waals surface area contributed by atoms with E-state index in [0.29, 0.717) is 32.5 Å². The standard InChI is InChI=1S/C23H30N4O3/c1-2-30-22(28)18-11-13-26(14-12-18)23(29)25-20-9-6-10-21-19(20)15-24-27(21)16-17-7-4-3-5-8-17/h3-5,7-8,15,18,20H,2,6,9-14,16H2,1H3,(H,25,29). The van der Waals surface area contributed by atoms with Gasteiger partial charge in [-0.2, -0.15) is 5.10 Å². The topological polar surface area (TPSA) is 76.5 Å². The first-order chi connectivity index (χ1) is 14.7. The Labute approximate surface area is 177 Å². The predicted octanol–water partition coefficient (Wildman–Crippen LogP) is 3.29. The van der Waals surface area contributed by atoms with Gasteiger partial charge in [0.2, 0.25) is 0 Å². The number of esters is 1. The molecule has 1 atom stereocenters. The number of nitrogens with one attached hydrogen (secondary N) is 1. The van der Waals surface area contributed by atoms with E-state index in [1.54, 1.807) is 0 Å². The molecule has 1 N–H and O–H groups in total. The molecule has 0 saturated carbocycles. The minimum Gasteiger partial charge on any atom is -0.466 e. The number of likely N-dealkylation sites (tertiary alicyclic amines) is 1. The zero-order chi connectivity index (χ0) is 20.9. The number of aromatic nitrogens is 2. The molecule has 1 aromatic carbocycles. The lowest BCUT2D eigenvalue weighted by atomic mass is 9.93. The van der Waals surface area contributed by atoms with Crippen LogP contribution in [0, 0.1) is 5.92 Å². The summed E-state index contributed by atoms with van der Waals surface area (Å²) in [5.74, 6) is -0.230. The minimum absolute atomic E-state index is 0.00597. The quantitative estimate of drug-likeness (QED) is 0.768. The number of piperidine rings is 1. The van der Waals surface area contributed by atoms with Crippen LogP contribution in [0.4, 0.5) is 4.79 Å². The van der Waals surface area contributed by atoms with Gasteiger partial charge in [0, 0.05) is 24.3 Å². The van der Waals surface area contributed by atoms with E-state index in [4.69, 9.17) is 4.74 Å². The number of carbonyl (C=O) groups excluding carboxylic acids is 2. The number of fused-ring (bicyclic) bond motifs is 1. The maximum absolute atomic E-state index is 12.8. The molecule has 4 rings (SSSR count). The monoisotopic (exact) mass is 410 g/mol. The highest BCUT2D eigenvalue weighted by atomic mass is 16.5. The normalized spacial score (nSPS) is 19.2. The van der Waals surface area contributed by atoms with Gasteiger partial charge < -0.3 is 15.0 Å². The van der Waals surface area contributed by atoms with Gasteiger partial charge in [-0.15, -0.1) is 0 Å². The molecule has 0 radical (unpaired) electrons. The Kier molecular flexibility index (Phi) is 6.35. The van der Waals surface area contributed by atoms with E-state index in [1.807, 2.05) is 36.2 Å². The average Bonchev–Trinajstić information content (AvgIpc) is 3.18. The molecule has 0 bridgehead atoms. The molecule has 2 amide bonds. The van der Waals surface area contributed by atoms with E-state index in [-0.39, 0.29) is 24.0 Å². The minimum atomic E-state index is -0.139. The van der Waals surface area contributed by atoms with Crippen molar-refractivity contribution in [1.82, 2.24) is 20.0 Å². The number of amides is 2. The van der Waals surface area contributed by atoms with Crippen LogP contribution in [0.5, 0.6) is 0 Å². The van der Waals surface area contributed by atoms with Crippen molar-refractivity contribution in [2.45, 2.75) is 51.6 Å². The molecule has 1 aliphatic heterocycles. The van der Waals surface area contributed by atoms with Crippen LogP contribution in [0.1, 0.15) is 55.5 Å². The first kappa shape index (κ1) is 20.4. The second kappa shape index (κ2) is 9.32. The van der Waals surface area contributed by atoms with Crippen LogP contribution in [0.2, 0.25) is 0 Å². The Morgan fingerprint density at radius 1 is 1.17 bits per heavy atom. The number of hydrogen-bond donors (Lipinski definition) is 1. The molecular formula is C23H30N4O3. The third-order valence-electron chi connectivity index (χ3n) is 6.14. The zero-order valence-corrected chi connectivity index (χ0v) is 17.5. The van der Waals surface area contributed by atoms with Crippen LogP contribution in [-0.2, 0) is 22.5 Å². The Hall–Kier alpha value is -2.83. The fourth-order valence-corrected chi connectivity index (χ4v) is 4.48. The van der Waals surface area contributed by atoms with Crippen molar-refractivity contribution in [1.29, 1.82) is 0 Å². The summed E-state index contributed by atoms with van der Waals surface area (Å²) in [7, 11) is 0. The first-order valence-corrected chi connectivity index (χ1v) is 11.0. The zero-order valence-electron chi connectivity index (χ0n) is 17.5. The summed E-state index contributed by atoms with van der Waals surface area (Å²) in [5.41, 5.74) is 3.57. The van der Waals surface area contributed by atoms with Gasteiger partial charge >= 0.3 is 12.0 Å². The van der Waals surface area contributed by atoms with E-state index in [0.717, 1.165) is 31.4 Å². The molecule has 0 spiro atoms. The summed E-state index contributed by atoms with van der Waals surface area (Å²) in [6, 6.07) is 10.3. The van der Waals surface area contributed by atoms with Crippen LogP contribution in [0.15, 0.2) is 36.5 Å². The van der Waals surface area contributed by atoms with Gasteiger partial charge in [0.05, 0.1) is 31.3 Å². The molecule has 2 heterocycles. The summed E-state index contributed by atoms with van der Waals surface area (Å²) in [6.07, 6.45) is 6.18. The maximum Gasteiger partial charge on any atom is 0.317 e. The fourth-order valence-electron chi connectivity index (χ4n) is 4.48. The fraction of sp³-hybridized carbons (Fsp3) is 0.522. The van der Waals surface area contributed by atoms with E-state index in [9.17, 15) is 9.59 Å². The number of hydrogen-bond acceptors (Lipinski definition) is 4. The first-order valence-electron chi connectivity index (χ1n) is 11.0. The molecule has 30 heavy (non-hydrogen) atoms. The Morgan fingerprint density at radius 3 is 2.67 bits per heavy atom. The van der Waals surface area contributed by atoms with Gasteiger partial charge in [-0.25, -0.2) is 4.79 Å². The lowest BCUT2D eigenvalue weighted by molar-refractivity contribution is -0.149. The summed E-state index contributed by atoms with van der Waals surface area (Å²) in [4.78, 5) is 26.6. The van der Waals surface area contributed by atoms with E-state index < -0.39 is 0 Å². The van der Waals surface area contributed by atoms with Crippen molar-refractivity contribution in [3.63, 3.8) is 0 Å². The van der Waals surface area contributed by atoms with E-state index in [2.05, 4.69) is 27.2 Å². The third-order valence-corrected chi connectivity index (χ3v) is 6.14. The second-order valence-corrected chi connectivity index (χ2v) is 8.10.